The van der Waals surface area contributed by atoms with Crippen LogP contribution in [-0.4, -0.2) is 67.5 Å². The summed E-state index contributed by atoms with van der Waals surface area (Å²) >= 11 is 1.67. The number of thioether (sulfide) groups is 1. The molecule has 2 aliphatic rings. The van der Waals surface area contributed by atoms with Crippen LogP contribution >= 0.6 is 11.8 Å². The fourth-order valence-corrected chi connectivity index (χ4v) is 5.05. The maximum atomic E-state index is 14.7. The van der Waals surface area contributed by atoms with Gasteiger partial charge in [0.2, 0.25) is 5.91 Å². The Morgan fingerprint density at radius 1 is 1.46 bits per heavy atom. The highest BCUT2D eigenvalue weighted by molar-refractivity contribution is 8.03. The Morgan fingerprint density at radius 3 is 3.07 bits per heavy atom. The van der Waals surface area contributed by atoms with E-state index in [9.17, 15) is 9.18 Å². The molecule has 8 nitrogen and oxygen atoms in total. The first-order chi connectivity index (χ1) is 13.4. The minimum Gasteiger partial charge on any atom is -0.351 e. The average molecular weight is 406 g/mol. The van der Waals surface area contributed by atoms with Crippen LogP contribution in [0.25, 0.3) is 5.78 Å². The van der Waals surface area contributed by atoms with Crippen LogP contribution in [0.15, 0.2) is 17.4 Å². The lowest BCUT2D eigenvalue weighted by Gasteiger charge is -2.20. The summed E-state index contributed by atoms with van der Waals surface area (Å²) < 4.78 is 16.2. The van der Waals surface area contributed by atoms with E-state index in [2.05, 4.69) is 31.5 Å². The number of nitrogens with one attached hydrogen (secondary N) is 1. The summed E-state index contributed by atoms with van der Waals surface area (Å²) in [5, 5.41) is 7.07. The van der Waals surface area contributed by atoms with Crippen LogP contribution < -0.4 is 5.32 Å². The van der Waals surface area contributed by atoms with Crippen LogP contribution in [0, 0.1) is 18.7 Å². The van der Waals surface area contributed by atoms with Gasteiger partial charge in [0.05, 0.1) is 11.4 Å². The number of halogens is 1. The Balaban J connectivity index is 1.38. The van der Waals surface area contributed by atoms with Crippen LogP contribution in [-0.2, 0) is 11.2 Å². The third kappa shape index (κ3) is 3.83. The van der Waals surface area contributed by atoms with E-state index in [-0.39, 0.29) is 17.2 Å². The lowest BCUT2D eigenvalue weighted by atomic mass is 10.0. The second kappa shape index (κ2) is 7.67. The van der Waals surface area contributed by atoms with E-state index < -0.39 is 0 Å². The SMILES string of the molecule is CC(=O)NC1SC(CN2CCC(Cc3c(F)c(C)nc4ncnn34)C2)=CN1C. The molecule has 2 unspecified atom stereocenters. The molecule has 4 rings (SSSR count). The molecular formula is C18H24FN7OS. The van der Waals surface area contributed by atoms with Crippen molar-refractivity contribution in [2.45, 2.75) is 32.2 Å². The van der Waals surface area contributed by atoms with E-state index in [1.165, 1.54) is 22.7 Å². The number of nitrogens with zero attached hydrogens (tertiary/aromatic N) is 6. The lowest BCUT2D eigenvalue weighted by molar-refractivity contribution is -0.119. The number of fused-ring (bicyclic) bond motifs is 1. The van der Waals surface area contributed by atoms with Gasteiger partial charge in [-0.3, -0.25) is 9.69 Å². The smallest absolute Gasteiger partial charge is 0.252 e. The standard InChI is InChI=1S/C18H24FN7OS/c1-11-16(19)15(26-17(22-11)20-10-21-26)6-13-4-5-25(7-13)9-14-8-24(3)18(28-14)23-12(2)27/h8,10,13,18H,4-7,9H2,1-3H3,(H,23,27). The fourth-order valence-electron chi connectivity index (χ4n) is 3.83. The van der Waals surface area contributed by atoms with Crippen molar-refractivity contribution in [1.82, 2.24) is 34.7 Å². The molecular weight excluding hydrogens is 381 g/mol. The van der Waals surface area contributed by atoms with Gasteiger partial charge in [-0.15, -0.1) is 0 Å². The normalized spacial score (nSPS) is 22.9. The molecule has 2 aliphatic heterocycles. The first-order valence-corrected chi connectivity index (χ1v) is 10.2. The van der Waals surface area contributed by atoms with Crippen molar-refractivity contribution < 1.29 is 9.18 Å². The molecule has 2 aromatic heterocycles. The molecule has 0 saturated carbocycles. The zero-order valence-electron chi connectivity index (χ0n) is 16.2. The molecule has 0 aromatic carbocycles. The number of hydrogen-bond donors (Lipinski definition) is 1. The Bertz CT molecular complexity index is 930. The summed E-state index contributed by atoms with van der Waals surface area (Å²) in [6.07, 6.45) is 5.13. The molecule has 0 radical (unpaired) electrons. The van der Waals surface area contributed by atoms with Gasteiger partial charge < -0.3 is 10.2 Å². The quantitative estimate of drug-likeness (QED) is 0.805. The van der Waals surface area contributed by atoms with Crippen LogP contribution in [0.2, 0.25) is 0 Å². The molecule has 0 spiro atoms. The van der Waals surface area contributed by atoms with Crippen molar-refractivity contribution >= 4 is 23.4 Å². The van der Waals surface area contributed by atoms with E-state index >= 15 is 0 Å². The number of aryl methyl sites for hydroxylation is 1. The van der Waals surface area contributed by atoms with Gasteiger partial charge in [0, 0.05) is 38.2 Å². The van der Waals surface area contributed by atoms with Gasteiger partial charge in [0.1, 0.15) is 6.33 Å². The monoisotopic (exact) mass is 405 g/mol. The van der Waals surface area contributed by atoms with Crippen molar-refractivity contribution in [2.75, 3.05) is 26.7 Å². The topological polar surface area (TPSA) is 78.7 Å². The fraction of sp³-hybridized carbons (Fsp3) is 0.556. The second-order valence-corrected chi connectivity index (χ2v) is 8.66. The Hall–Kier alpha value is -2.20. The van der Waals surface area contributed by atoms with Gasteiger partial charge in [0.25, 0.3) is 5.78 Å². The first-order valence-electron chi connectivity index (χ1n) is 9.34. The zero-order valence-corrected chi connectivity index (χ0v) is 17.0. The van der Waals surface area contributed by atoms with Gasteiger partial charge in [-0.05, 0) is 32.2 Å². The molecule has 1 amide bonds. The average Bonchev–Trinajstić information content (AvgIpc) is 3.33. The van der Waals surface area contributed by atoms with Crippen molar-refractivity contribution in [3.8, 4) is 0 Å². The second-order valence-electron chi connectivity index (χ2n) is 7.46. The minimum absolute atomic E-state index is 0.0330. The summed E-state index contributed by atoms with van der Waals surface area (Å²) in [6, 6.07) is 0. The number of aromatic nitrogens is 4. The molecule has 2 aromatic rings. The number of likely N-dealkylation sites (tertiary alicyclic amines) is 1. The van der Waals surface area contributed by atoms with E-state index in [4.69, 9.17) is 0 Å². The minimum atomic E-state index is -0.287. The number of hydrogen-bond acceptors (Lipinski definition) is 7. The van der Waals surface area contributed by atoms with E-state index in [1.54, 1.807) is 18.7 Å². The van der Waals surface area contributed by atoms with Crippen molar-refractivity contribution in [3.05, 3.63) is 34.6 Å². The third-order valence-corrected chi connectivity index (χ3v) is 6.37. The van der Waals surface area contributed by atoms with Gasteiger partial charge in [-0.2, -0.15) is 14.6 Å². The van der Waals surface area contributed by atoms with E-state index in [1.807, 2.05) is 11.9 Å². The van der Waals surface area contributed by atoms with Gasteiger partial charge in [-0.1, -0.05) is 11.8 Å². The largest absolute Gasteiger partial charge is 0.351 e. The highest BCUT2D eigenvalue weighted by Gasteiger charge is 2.29. The van der Waals surface area contributed by atoms with E-state index in [0.717, 1.165) is 26.1 Å². The summed E-state index contributed by atoms with van der Waals surface area (Å²) in [7, 11) is 1.96. The summed E-state index contributed by atoms with van der Waals surface area (Å²) in [5.74, 6) is 0.488. The zero-order chi connectivity index (χ0) is 19.8. The van der Waals surface area contributed by atoms with Crippen LogP contribution in [0.1, 0.15) is 24.7 Å². The molecule has 0 bridgehead atoms. The summed E-state index contributed by atoms with van der Waals surface area (Å²) in [6.45, 7) is 5.93. The maximum absolute atomic E-state index is 14.7. The number of amides is 1. The van der Waals surface area contributed by atoms with Gasteiger partial charge in [-0.25, -0.2) is 9.37 Å². The Morgan fingerprint density at radius 2 is 2.29 bits per heavy atom. The molecule has 150 valence electrons. The van der Waals surface area contributed by atoms with Gasteiger partial charge >= 0.3 is 0 Å². The number of carbonyl (C=O) groups excluding carboxylic acids is 1. The lowest BCUT2D eigenvalue weighted by Crippen LogP contribution is -2.38. The van der Waals surface area contributed by atoms with E-state index in [0.29, 0.717) is 29.5 Å². The summed E-state index contributed by atoms with van der Waals surface area (Å²) in [4.78, 5) is 25.2. The Labute approximate surface area is 167 Å². The predicted molar refractivity (Wildman–Crippen MR) is 105 cm³/mol. The van der Waals surface area contributed by atoms with Crippen molar-refractivity contribution in [3.63, 3.8) is 0 Å². The molecule has 4 heterocycles. The molecule has 1 N–H and O–H groups in total. The number of carbonyl (C=O) groups is 1. The molecule has 28 heavy (non-hydrogen) atoms. The Kier molecular flexibility index (Phi) is 5.24. The highest BCUT2D eigenvalue weighted by Crippen LogP contribution is 2.32. The summed E-state index contributed by atoms with van der Waals surface area (Å²) in [5.41, 5.74) is 0.886. The predicted octanol–water partition coefficient (Wildman–Crippen LogP) is 1.38. The van der Waals surface area contributed by atoms with Crippen LogP contribution in [0.4, 0.5) is 4.39 Å². The first kappa shape index (κ1) is 19.1. The van der Waals surface area contributed by atoms with Gasteiger partial charge in [0.15, 0.2) is 11.3 Å². The molecule has 2 atom stereocenters. The van der Waals surface area contributed by atoms with Crippen LogP contribution in [0.3, 0.4) is 0 Å². The maximum Gasteiger partial charge on any atom is 0.252 e. The van der Waals surface area contributed by atoms with Crippen molar-refractivity contribution in [1.29, 1.82) is 0 Å². The molecule has 10 heteroatoms. The van der Waals surface area contributed by atoms with Crippen LogP contribution in [0.5, 0.6) is 0 Å². The molecule has 1 fully saturated rings. The van der Waals surface area contributed by atoms with Crippen molar-refractivity contribution in [2.24, 2.45) is 5.92 Å². The molecule has 1 saturated heterocycles. The molecule has 0 aliphatic carbocycles. The third-order valence-electron chi connectivity index (χ3n) is 5.16. The number of rotatable bonds is 5. The highest BCUT2D eigenvalue weighted by atomic mass is 32.2.